The van der Waals surface area contributed by atoms with Gasteiger partial charge in [-0.1, -0.05) is 0 Å². The second-order valence-corrected chi connectivity index (χ2v) is 7.37. The molecule has 3 aromatic rings. The monoisotopic (exact) mass is 352 g/mol. The standard InChI is InChI=1S/C19H16N2O3S/c20-15-3-9-18(10-4-15)25(23,24)19-11-5-16(6-12-19)21-13-14-1-7-17(22)8-2-14/h1-13,22H,20H2. The first-order valence-corrected chi connectivity index (χ1v) is 8.97. The van der Waals surface area contributed by atoms with Gasteiger partial charge in [0.1, 0.15) is 5.75 Å². The Hall–Kier alpha value is -3.12. The molecule has 3 N–H and O–H groups in total. The smallest absolute Gasteiger partial charge is 0.206 e. The topological polar surface area (TPSA) is 92.8 Å². The zero-order valence-corrected chi connectivity index (χ0v) is 14.0. The third-order valence-corrected chi connectivity index (χ3v) is 5.38. The number of aliphatic imine (C=N–C) groups is 1. The number of phenols is 1. The number of hydrogen-bond donors (Lipinski definition) is 2. The largest absolute Gasteiger partial charge is 0.508 e. The summed E-state index contributed by atoms with van der Waals surface area (Å²) >= 11 is 0. The van der Waals surface area contributed by atoms with E-state index >= 15 is 0 Å². The quantitative estimate of drug-likeness (QED) is 0.555. The normalized spacial score (nSPS) is 11.7. The summed E-state index contributed by atoms with van der Waals surface area (Å²) in [6.45, 7) is 0. The van der Waals surface area contributed by atoms with Crippen molar-refractivity contribution >= 4 is 27.4 Å². The number of nitrogen functional groups attached to an aromatic ring is 1. The van der Waals surface area contributed by atoms with Crippen molar-refractivity contribution < 1.29 is 13.5 Å². The summed E-state index contributed by atoms with van der Waals surface area (Å²) in [7, 11) is -3.58. The van der Waals surface area contributed by atoms with E-state index in [4.69, 9.17) is 5.73 Å². The number of phenolic OH excluding ortho intramolecular Hbond substituents is 1. The third kappa shape index (κ3) is 3.87. The molecule has 0 radical (unpaired) electrons. The Balaban J connectivity index is 1.82. The van der Waals surface area contributed by atoms with Crippen molar-refractivity contribution in [2.45, 2.75) is 9.79 Å². The molecule has 25 heavy (non-hydrogen) atoms. The Bertz CT molecular complexity index is 992. The first-order valence-electron chi connectivity index (χ1n) is 7.49. The van der Waals surface area contributed by atoms with E-state index in [0.29, 0.717) is 11.4 Å². The molecule has 0 aliphatic rings. The second kappa shape index (κ2) is 6.78. The number of sulfone groups is 1. The minimum Gasteiger partial charge on any atom is -0.508 e. The van der Waals surface area contributed by atoms with Gasteiger partial charge in [-0.05, 0) is 78.4 Å². The van der Waals surface area contributed by atoms with Crippen LogP contribution in [0.25, 0.3) is 0 Å². The summed E-state index contributed by atoms with van der Waals surface area (Å²) in [6, 6.07) is 19.0. The molecule has 126 valence electrons. The van der Waals surface area contributed by atoms with Crippen molar-refractivity contribution in [1.29, 1.82) is 0 Å². The maximum absolute atomic E-state index is 12.6. The second-order valence-electron chi connectivity index (χ2n) is 5.42. The number of rotatable bonds is 4. The van der Waals surface area contributed by atoms with Gasteiger partial charge < -0.3 is 10.8 Å². The first-order chi connectivity index (χ1) is 11.9. The van der Waals surface area contributed by atoms with E-state index in [1.807, 2.05) is 0 Å². The zero-order valence-electron chi connectivity index (χ0n) is 13.2. The van der Waals surface area contributed by atoms with Crippen LogP contribution in [0, 0.1) is 0 Å². The average molecular weight is 352 g/mol. The molecule has 0 amide bonds. The first kappa shape index (κ1) is 16.7. The lowest BCUT2D eigenvalue weighted by atomic mass is 10.2. The maximum Gasteiger partial charge on any atom is 0.206 e. The number of nitrogens with zero attached hydrogens (tertiary/aromatic N) is 1. The molecule has 0 aliphatic carbocycles. The Labute approximate surface area is 146 Å². The highest BCUT2D eigenvalue weighted by Gasteiger charge is 2.17. The maximum atomic E-state index is 12.6. The molecular formula is C19H16N2O3S. The molecule has 0 spiro atoms. The molecule has 0 saturated heterocycles. The number of nitrogens with two attached hydrogens (primary N) is 1. The van der Waals surface area contributed by atoms with Crippen LogP contribution < -0.4 is 5.73 Å². The lowest BCUT2D eigenvalue weighted by molar-refractivity contribution is 0.475. The lowest BCUT2D eigenvalue weighted by Gasteiger charge is -2.05. The molecular weight excluding hydrogens is 336 g/mol. The molecule has 6 heteroatoms. The van der Waals surface area contributed by atoms with Gasteiger partial charge in [-0.2, -0.15) is 0 Å². The lowest BCUT2D eigenvalue weighted by Crippen LogP contribution is -2.01. The minimum absolute atomic E-state index is 0.189. The van der Waals surface area contributed by atoms with Crippen LogP contribution in [0.15, 0.2) is 87.6 Å². The Morgan fingerprint density at radius 2 is 1.32 bits per heavy atom. The van der Waals surface area contributed by atoms with E-state index in [-0.39, 0.29) is 15.5 Å². The van der Waals surface area contributed by atoms with E-state index in [1.54, 1.807) is 54.7 Å². The zero-order chi connectivity index (χ0) is 17.9. The average Bonchev–Trinajstić information content (AvgIpc) is 2.62. The summed E-state index contributed by atoms with van der Waals surface area (Å²) in [5, 5.41) is 9.25. The molecule has 3 rings (SSSR count). The number of anilines is 1. The van der Waals surface area contributed by atoms with Crippen LogP contribution in [0.3, 0.4) is 0 Å². The summed E-state index contributed by atoms with van der Waals surface area (Å²) in [4.78, 5) is 4.69. The molecule has 0 fully saturated rings. The van der Waals surface area contributed by atoms with Gasteiger partial charge in [-0.15, -0.1) is 0 Å². The van der Waals surface area contributed by atoms with Crippen molar-refractivity contribution in [1.82, 2.24) is 0 Å². The Morgan fingerprint density at radius 3 is 1.88 bits per heavy atom. The predicted octanol–water partition coefficient (Wildman–Crippen LogP) is 3.56. The fourth-order valence-corrected chi connectivity index (χ4v) is 3.46. The van der Waals surface area contributed by atoms with Crippen molar-refractivity contribution in [2.75, 3.05) is 5.73 Å². The van der Waals surface area contributed by atoms with Crippen molar-refractivity contribution in [3.8, 4) is 5.75 Å². The highest BCUT2D eigenvalue weighted by molar-refractivity contribution is 7.91. The molecule has 0 heterocycles. The molecule has 0 saturated carbocycles. The van der Waals surface area contributed by atoms with E-state index in [0.717, 1.165) is 5.56 Å². The SMILES string of the molecule is Nc1ccc(S(=O)(=O)c2ccc(N=Cc3ccc(O)cc3)cc2)cc1. The van der Waals surface area contributed by atoms with Crippen molar-refractivity contribution in [3.63, 3.8) is 0 Å². The highest BCUT2D eigenvalue weighted by Crippen LogP contribution is 2.24. The van der Waals surface area contributed by atoms with Crippen LogP contribution in [-0.4, -0.2) is 19.7 Å². The highest BCUT2D eigenvalue weighted by atomic mass is 32.2. The van der Waals surface area contributed by atoms with E-state index in [9.17, 15) is 13.5 Å². The van der Waals surface area contributed by atoms with Crippen LogP contribution in [0.4, 0.5) is 11.4 Å². The predicted molar refractivity (Wildman–Crippen MR) is 98.1 cm³/mol. The Kier molecular flexibility index (Phi) is 4.54. The Morgan fingerprint density at radius 1 is 0.800 bits per heavy atom. The van der Waals surface area contributed by atoms with Crippen LogP contribution in [-0.2, 0) is 9.84 Å². The van der Waals surface area contributed by atoms with Gasteiger partial charge in [0.2, 0.25) is 9.84 Å². The van der Waals surface area contributed by atoms with Gasteiger partial charge in [0.25, 0.3) is 0 Å². The summed E-state index contributed by atoms with van der Waals surface area (Å²) < 4.78 is 25.1. The molecule has 0 aromatic heterocycles. The third-order valence-electron chi connectivity index (χ3n) is 3.59. The van der Waals surface area contributed by atoms with E-state index in [1.165, 1.54) is 24.3 Å². The van der Waals surface area contributed by atoms with E-state index < -0.39 is 9.84 Å². The van der Waals surface area contributed by atoms with Gasteiger partial charge in [0.05, 0.1) is 15.5 Å². The van der Waals surface area contributed by atoms with Gasteiger partial charge >= 0.3 is 0 Å². The van der Waals surface area contributed by atoms with Crippen LogP contribution in [0.2, 0.25) is 0 Å². The van der Waals surface area contributed by atoms with Crippen LogP contribution >= 0.6 is 0 Å². The van der Waals surface area contributed by atoms with Crippen LogP contribution in [0.1, 0.15) is 5.56 Å². The number of benzene rings is 3. The molecule has 0 bridgehead atoms. The van der Waals surface area contributed by atoms with E-state index in [2.05, 4.69) is 4.99 Å². The van der Waals surface area contributed by atoms with Gasteiger partial charge in [0, 0.05) is 11.9 Å². The van der Waals surface area contributed by atoms with Gasteiger partial charge in [0.15, 0.2) is 0 Å². The fourth-order valence-electron chi connectivity index (χ4n) is 2.20. The summed E-state index contributed by atoms with van der Waals surface area (Å²) in [5.41, 5.74) is 7.56. The molecule has 0 unspecified atom stereocenters. The van der Waals surface area contributed by atoms with Crippen LogP contribution in [0.5, 0.6) is 5.75 Å². The summed E-state index contributed by atoms with van der Waals surface area (Å²) in [6.07, 6.45) is 1.64. The van der Waals surface area contributed by atoms with Crippen molar-refractivity contribution in [3.05, 3.63) is 78.4 Å². The summed E-state index contributed by atoms with van der Waals surface area (Å²) in [5.74, 6) is 0.189. The number of hydrogen-bond acceptors (Lipinski definition) is 5. The van der Waals surface area contributed by atoms with Gasteiger partial charge in [-0.3, -0.25) is 4.99 Å². The fraction of sp³-hybridized carbons (Fsp3) is 0. The van der Waals surface area contributed by atoms with Crippen molar-refractivity contribution in [2.24, 2.45) is 4.99 Å². The number of aromatic hydroxyl groups is 1. The van der Waals surface area contributed by atoms with Gasteiger partial charge in [-0.25, -0.2) is 8.42 Å². The molecule has 5 nitrogen and oxygen atoms in total. The minimum atomic E-state index is -3.58. The molecule has 0 aliphatic heterocycles. The molecule has 0 atom stereocenters. The molecule has 3 aromatic carbocycles.